The number of amidine groups is 1. The zero-order valence-electron chi connectivity index (χ0n) is 11.3. The van der Waals surface area contributed by atoms with Crippen LogP contribution in [0.5, 0.6) is 0 Å². The maximum Gasteiger partial charge on any atom is 0.258 e. The second kappa shape index (κ2) is 6.23. The van der Waals surface area contributed by atoms with Crippen molar-refractivity contribution in [2.75, 3.05) is 11.9 Å². The molecule has 1 aliphatic rings. The maximum absolute atomic E-state index is 5.35. The van der Waals surface area contributed by atoms with Gasteiger partial charge in [0.2, 0.25) is 5.84 Å². The number of hydrogen-bond acceptors (Lipinski definition) is 3. The standard InChI is InChI=1S/C13H21N3O.ClH/c1-13(2,3)10-9-12(16-17-10)15-11-7-5-4-6-8-14-11;/h9H,4-8H2,1-3H3,(H,14,15,16);1H. The van der Waals surface area contributed by atoms with E-state index in [4.69, 9.17) is 4.52 Å². The van der Waals surface area contributed by atoms with E-state index in [9.17, 15) is 0 Å². The molecule has 0 spiro atoms. The van der Waals surface area contributed by atoms with E-state index >= 15 is 0 Å². The minimum absolute atomic E-state index is 0. The van der Waals surface area contributed by atoms with Gasteiger partial charge in [0.15, 0.2) is 0 Å². The van der Waals surface area contributed by atoms with Gasteiger partial charge in [-0.3, -0.25) is 4.99 Å². The lowest BCUT2D eigenvalue weighted by Gasteiger charge is -2.11. The van der Waals surface area contributed by atoms with Gasteiger partial charge in [0.1, 0.15) is 5.76 Å². The normalized spacial score (nSPS) is 16.5. The third-order valence-electron chi connectivity index (χ3n) is 2.97. The van der Waals surface area contributed by atoms with Crippen LogP contribution in [0.3, 0.4) is 0 Å². The van der Waals surface area contributed by atoms with E-state index in [2.05, 4.69) is 36.2 Å². The molecule has 1 aliphatic heterocycles. The van der Waals surface area contributed by atoms with Crippen LogP contribution in [0.4, 0.5) is 5.82 Å². The molecule has 102 valence electrons. The van der Waals surface area contributed by atoms with Gasteiger partial charge in [0, 0.05) is 17.9 Å². The molecule has 0 saturated carbocycles. The molecule has 18 heavy (non-hydrogen) atoms. The highest BCUT2D eigenvalue weighted by atomic mass is 35.5. The number of aromatic nitrogens is 1. The lowest BCUT2D eigenvalue weighted by Crippen LogP contribution is -3.00. The molecule has 0 bridgehead atoms. The van der Waals surface area contributed by atoms with Crippen molar-refractivity contribution < 1.29 is 21.9 Å². The summed E-state index contributed by atoms with van der Waals surface area (Å²) in [6.45, 7) is 7.41. The summed E-state index contributed by atoms with van der Waals surface area (Å²) in [6, 6.07) is 1.99. The Labute approximate surface area is 115 Å². The van der Waals surface area contributed by atoms with Gasteiger partial charge in [0.25, 0.3) is 5.82 Å². The Morgan fingerprint density at radius 2 is 2.06 bits per heavy atom. The van der Waals surface area contributed by atoms with E-state index in [0.717, 1.165) is 30.4 Å². The van der Waals surface area contributed by atoms with Crippen LogP contribution in [0, 0.1) is 0 Å². The van der Waals surface area contributed by atoms with Gasteiger partial charge < -0.3 is 16.9 Å². The molecule has 5 heteroatoms. The lowest BCUT2D eigenvalue weighted by atomic mass is 9.93. The molecule has 0 amide bonds. The summed E-state index contributed by atoms with van der Waals surface area (Å²) in [4.78, 5) is 3.40. The number of nitrogens with zero attached hydrogens (tertiary/aromatic N) is 1. The quantitative estimate of drug-likeness (QED) is 0.650. The average molecular weight is 272 g/mol. The highest BCUT2D eigenvalue weighted by Crippen LogP contribution is 2.24. The number of nitrogens with one attached hydrogen (secondary N) is 2. The van der Waals surface area contributed by atoms with Gasteiger partial charge in [0.05, 0.1) is 6.54 Å². The van der Waals surface area contributed by atoms with E-state index in [1.807, 2.05) is 6.07 Å². The summed E-state index contributed by atoms with van der Waals surface area (Å²) >= 11 is 0. The Bertz CT molecular complexity index is 407. The smallest absolute Gasteiger partial charge is 0.258 e. The van der Waals surface area contributed by atoms with Crippen molar-refractivity contribution in [3.63, 3.8) is 0 Å². The molecule has 0 atom stereocenters. The molecule has 0 unspecified atom stereocenters. The van der Waals surface area contributed by atoms with Gasteiger partial charge in [-0.25, -0.2) is 5.32 Å². The number of anilines is 1. The third-order valence-corrected chi connectivity index (χ3v) is 2.97. The van der Waals surface area contributed by atoms with Crippen LogP contribution in [0.15, 0.2) is 10.6 Å². The van der Waals surface area contributed by atoms with Gasteiger partial charge in [-0.15, -0.1) is 0 Å². The van der Waals surface area contributed by atoms with Crippen LogP contribution in [-0.4, -0.2) is 17.5 Å². The van der Waals surface area contributed by atoms with Crippen LogP contribution >= 0.6 is 0 Å². The molecule has 0 radical (unpaired) electrons. The Kier molecular flexibility index (Phi) is 5.20. The summed E-state index contributed by atoms with van der Waals surface area (Å²) in [5, 5.41) is 7.37. The predicted molar refractivity (Wildman–Crippen MR) is 68.1 cm³/mol. The van der Waals surface area contributed by atoms with Crippen molar-refractivity contribution in [2.24, 2.45) is 0 Å². The first-order chi connectivity index (χ1) is 8.05. The van der Waals surface area contributed by atoms with Crippen LogP contribution < -0.4 is 22.7 Å². The number of hydrogen-bond donors (Lipinski definition) is 2. The van der Waals surface area contributed by atoms with Crippen molar-refractivity contribution >= 4 is 11.7 Å². The molecule has 2 rings (SSSR count). The molecular formula is C13H22ClN3O. The van der Waals surface area contributed by atoms with Crippen molar-refractivity contribution in [1.82, 2.24) is 5.16 Å². The number of rotatable bonds is 1. The van der Waals surface area contributed by atoms with Gasteiger partial charge >= 0.3 is 0 Å². The van der Waals surface area contributed by atoms with Gasteiger partial charge in [-0.2, -0.15) is 0 Å². The second-order valence-electron chi connectivity index (χ2n) is 5.67. The number of halogens is 1. The molecule has 0 aromatic carbocycles. The molecule has 4 nitrogen and oxygen atoms in total. The molecule has 2 heterocycles. The average Bonchev–Trinajstić information content (AvgIpc) is 2.56. The van der Waals surface area contributed by atoms with E-state index in [1.165, 1.54) is 19.3 Å². The molecule has 2 N–H and O–H groups in total. The van der Waals surface area contributed by atoms with Gasteiger partial charge in [-0.1, -0.05) is 20.8 Å². The fraction of sp³-hybridized carbons (Fsp3) is 0.692. The van der Waals surface area contributed by atoms with E-state index < -0.39 is 0 Å². The summed E-state index contributed by atoms with van der Waals surface area (Å²) in [6.07, 6.45) is 4.85. The first-order valence-corrected chi connectivity index (χ1v) is 6.39. The zero-order valence-corrected chi connectivity index (χ0v) is 12.1. The Morgan fingerprint density at radius 3 is 2.72 bits per heavy atom. The van der Waals surface area contributed by atoms with Gasteiger partial charge in [-0.05, 0) is 24.4 Å². The monoisotopic (exact) mass is 271 g/mol. The topological polar surface area (TPSA) is 52.0 Å². The molecule has 1 aromatic heterocycles. The molecular weight excluding hydrogens is 250 g/mol. The highest BCUT2D eigenvalue weighted by Gasteiger charge is 2.22. The summed E-state index contributed by atoms with van der Waals surface area (Å²) in [5.41, 5.74) is 0.00841. The second-order valence-corrected chi connectivity index (χ2v) is 5.67. The Balaban J connectivity index is 0.00000162. The summed E-state index contributed by atoms with van der Waals surface area (Å²) in [7, 11) is 0. The maximum atomic E-state index is 5.35. The van der Waals surface area contributed by atoms with Crippen LogP contribution in [-0.2, 0) is 5.41 Å². The van der Waals surface area contributed by atoms with Crippen LogP contribution in [0.1, 0.15) is 52.2 Å². The van der Waals surface area contributed by atoms with E-state index in [-0.39, 0.29) is 17.8 Å². The van der Waals surface area contributed by atoms with E-state index in [0.29, 0.717) is 0 Å². The van der Waals surface area contributed by atoms with Crippen molar-refractivity contribution in [3.8, 4) is 0 Å². The zero-order chi connectivity index (χ0) is 12.3. The predicted octanol–water partition coefficient (Wildman–Crippen LogP) is -1.56. The minimum Gasteiger partial charge on any atom is -1.00 e. The van der Waals surface area contributed by atoms with Crippen LogP contribution in [0.25, 0.3) is 0 Å². The van der Waals surface area contributed by atoms with Crippen molar-refractivity contribution in [3.05, 3.63) is 11.8 Å². The van der Waals surface area contributed by atoms with Crippen LogP contribution in [0.2, 0.25) is 0 Å². The molecule has 1 aromatic rings. The SMILES string of the molecule is CC(C)(C)c1cc(NC2=[NH+]CCCCC2)no1.[Cl-]. The van der Waals surface area contributed by atoms with Crippen molar-refractivity contribution in [2.45, 2.75) is 51.9 Å². The Morgan fingerprint density at radius 1 is 1.28 bits per heavy atom. The minimum atomic E-state index is 0. The summed E-state index contributed by atoms with van der Waals surface area (Å²) < 4.78 is 5.35. The lowest BCUT2D eigenvalue weighted by molar-refractivity contribution is -0.457. The molecule has 0 saturated heterocycles. The third kappa shape index (κ3) is 4.02. The molecule has 0 aliphatic carbocycles. The van der Waals surface area contributed by atoms with E-state index in [1.54, 1.807) is 0 Å². The fourth-order valence-corrected chi connectivity index (χ4v) is 1.88. The fourth-order valence-electron chi connectivity index (χ4n) is 1.88. The summed E-state index contributed by atoms with van der Waals surface area (Å²) in [5.74, 6) is 2.88. The molecule has 0 fully saturated rings. The largest absolute Gasteiger partial charge is 1.00 e. The highest BCUT2D eigenvalue weighted by molar-refractivity contribution is 5.90. The first-order valence-electron chi connectivity index (χ1n) is 6.39. The Hall–Kier alpha value is -1.03. The first kappa shape index (κ1) is 15.0. The van der Waals surface area contributed by atoms with Crippen molar-refractivity contribution in [1.29, 1.82) is 0 Å².